The minimum atomic E-state index is -0.712. The largest absolute Gasteiger partial charge is 0.422 e. The number of amides is 1. The summed E-state index contributed by atoms with van der Waals surface area (Å²) in [4.78, 5) is 38.8. The maximum absolute atomic E-state index is 12.8. The van der Waals surface area contributed by atoms with Crippen LogP contribution in [0.4, 0.5) is 0 Å². The number of benzene rings is 2. The zero-order chi connectivity index (χ0) is 18.8. The Hall–Kier alpha value is -3.21. The molecule has 132 valence electrons. The summed E-state index contributed by atoms with van der Waals surface area (Å²) in [6, 6.07) is 14.9. The predicted octanol–water partition coefficient (Wildman–Crippen LogP) is 3.44. The predicted molar refractivity (Wildman–Crippen MR) is 99.5 cm³/mol. The summed E-state index contributed by atoms with van der Waals surface area (Å²) in [7, 11) is 1.51. The second-order valence-electron chi connectivity index (χ2n) is 6.31. The van der Waals surface area contributed by atoms with E-state index in [1.165, 1.54) is 18.0 Å². The minimum absolute atomic E-state index is 0.0882. The van der Waals surface area contributed by atoms with E-state index in [9.17, 15) is 14.4 Å². The number of carbonyl (C=O) groups is 2. The van der Waals surface area contributed by atoms with Gasteiger partial charge >= 0.3 is 5.63 Å². The molecule has 5 heteroatoms. The van der Waals surface area contributed by atoms with Gasteiger partial charge < -0.3 is 9.32 Å². The van der Waals surface area contributed by atoms with Crippen molar-refractivity contribution in [3.05, 3.63) is 81.7 Å². The van der Waals surface area contributed by atoms with E-state index in [0.29, 0.717) is 16.5 Å². The van der Waals surface area contributed by atoms with Crippen molar-refractivity contribution < 1.29 is 14.0 Å². The fourth-order valence-corrected chi connectivity index (χ4v) is 2.71. The summed E-state index contributed by atoms with van der Waals surface area (Å²) >= 11 is 0. The van der Waals surface area contributed by atoms with E-state index in [1.807, 2.05) is 19.1 Å². The Morgan fingerprint density at radius 3 is 2.38 bits per heavy atom. The van der Waals surface area contributed by atoms with Crippen molar-refractivity contribution in [3.63, 3.8) is 0 Å². The Morgan fingerprint density at radius 1 is 1.04 bits per heavy atom. The Balaban J connectivity index is 1.89. The number of rotatable bonds is 4. The first-order chi connectivity index (χ1) is 12.4. The van der Waals surface area contributed by atoms with E-state index >= 15 is 0 Å². The highest BCUT2D eigenvalue weighted by atomic mass is 16.4. The number of carbonyl (C=O) groups excluding carboxylic acids is 2. The number of aryl methyl sites for hydroxylation is 1. The van der Waals surface area contributed by atoms with Crippen molar-refractivity contribution in [1.29, 1.82) is 0 Å². The second-order valence-corrected chi connectivity index (χ2v) is 6.31. The van der Waals surface area contributed by atoms with Crippen LogP contribution in [0.25, 0.3) is 11.0 Å². The topological polar surface area (TPSA) is 67.6 Å². The average Bonchev–Trinajstić information content (AvgIpc) is 2.65. The van der Waals surface area contributed by atoms with Gasteiger partial charge in [-0.05, 0) is 26.0 Å². The lowest BCUT2D eigenvalue weighted by atomic mass is 10.0. The lowest BCUT2D eigenvalue weighted by Crippen LogP contribution is -2.41. The lowest BCUT2D eigenvalue weighted by Gasteiger charge is -2.23. The molecule has 0 saturated heterocycles. The van der Waals surface area contributed by atoms with Gasteiger partial charge in [0.05, 0.1) is 6.04 Å². The van der Waals surface area contributed by atoms with Crippen molar-refractivity contribution in [2.75, 3.05) is 7.05 Å². The van der Waals surface area contributed by atoms with Crippen LogP contribution in [0, 0.1) is 6.92 Å². The molecule has 1 aromatic heterocycles. The molecular formula is C21H19NO4. The summed E-state index contributed by atoms with van der Waals surface area (Å²) in [6.45, 7) is 3.58. The molecule has 0 radical (unpaired) electrons. The van der Waals surface area contributed by atoms with Gasteiger partial charge in [0.2, 0.25) is 0 Å². The van der Waals surface area contributed by atoms with Gasteiger partial charge in [0, 0.05) is 18.0 Å². The van der Waals surface area contributed by atoms with E-state index in [4.69, 9.17) is 4.42 Å². The summed E-state index contributed by atoms with van der Waals surface area (Å²) in [5.74, 6) is -0.733. The number of hydrogen-bond donors (Lipinski definition) is 0. The molecular weight excluding hydrogens is 330 g/mol. The van der Waals surface area contributed by atoms with Crippen LogP contribution in [0.2, 0.25) is 0 Å². The summed E-state index contributed by atoms with van der Waals surface area (Å²) in [5, 5.41) is 0.654. The molecule has 0 aliphatic carbocycles. The van der Waals surface area contributed by atoms with E-state index in [1.54, 1.807) is 43.3 Å². The normalized spacial score (nSPS) is 12.0. The van der Waals surface area contributed by atoms with Crippen LogP contribution >= 0.6 is 0 Å². The molecule has 1 heterocycles. The number of para-hydroxylation sites is 1. The number of likely N-dealkylation sites (N-methyl/N-ethyl adjacent to an activating group) is 1. The lowest BCUT2D eigenvalue weighted by molar-refractivity contribution is 0.0672. The minimum Gasteiger partial charge on any atom is -0.422 e. The van der Waals surface area contributed by atoms with E-state index in [2.05, 4.69) is 0 Å². The molecule has 0 aliphatic rings. The van der Waals surface area contributed by atoms with Gasteiger partial charge in [0.25, 0.3) is 5.91 Å². The molecule has 0 fully saturated rings. The van der Waals surface area contributed by atoms with Crippen molar-refractivity contribution in [3.8, 4) is 0 Å². The summed E-state index contributed by atoms with van der Waals surface area (Å²) < 4.78 is 5.21. The van der Waals surface area contributed by atoms with Crippen LogP contribution < -0.4 is 5.63 Å². The van der Waals surface area contributed by atoms with Gasteiger partial charge in [-0.1, -0.05) is 48.0 Å². The van der Waals surface area contributed by atoms with Crippen molar-refractivity contribution in [2.45, 2.75) is 19.9 Å². The van der Waals surface area contributed by atoms with Gasteiger partial charge in [-0.2, -0.15) is 0 Å². The highest BCUT2D eigenvalue weighted by Crippen LogP contribution is 2.15. The van der Waals surface area contributed by atoms with E-state index in [-0.39, 0.29) is 11.3 Å². The van der Waals surface area contributed by atoms with Crippen LogP contribution in [-0.4, -0.2) is 29.7 Å². The quantitative estimate of drug-likeness (QED) is 0.534. The van der Waals surface area contributed by atoms with Gasteiger partial charge in [-0.25, -0.2) is 4.79 Å². The maximum atomic E-state index is 12.8. The molecule has 0 aliphatic heterocycles. The van der Waals surface area contributed by atoms with Crippen LogP contribution in [0.3, 0.4) is 0 Å². The van der Waals surface area contributed by atoms with Gasteiger partial charge in [-0.3, -0.25) is 9.59 Å². The molecule has 3 rings (SSSR count). The molecule has 1 atom stereocenters. The molecule has 0 spiro atoms. The zero-order valence-electron chi connectivity index (χ0n) is 14.9. The maximum Gasteiger partial charge on any atom is 0.349 e. The average molecular weight is 349 g/mol. The van der Waals surface area contributed by atoms with Crippen molar-refractivity contribution in [1.82, 2.24) is 4.90 Å². The third kappa shape index (κ3) is 3.28. The third-order valence-corrected chi connectivity index (χ3v) is 4.49. The Labute approximate surface area is 150 Å². The van der Waals surface area contributed by atoms with Crippen LogP contribution in [0.1, 0.15) is 33.2 Å². The first kappa shape index (κ1) is 17.6. The number of hydrogen-bond acceptors (Lipinski definition) is 4. The Morgan fingerprint density at radius 2 is 1.69 bits per heavy atom. The number of nitrogens with zero attached hydrogens (tertiary/aromatic N) is 1. The third-order valence-electron chi connectivity index (χ3n) is 4.49. The van der Waals surface area contributed by atoms with Gasteiger partial charge in [0.15, 0.2) is 5.78 Å². The molecule has 1 amide bonds. The molecule has 0 bridgehead atoms. The fourth-order valence-electron chi connectivity index (χ4n) is 2.71. The first-order valence-electron chi connectivity index (χ1n) is 8.29. The number of fused-ring (bicyclic) bond motifs is 1. The smallest absolute Gasteiger partial charge is 0.349 e. The van der Waals surface area contributed by atoms with Gasteiger partial charge in [-0.15, -0.1) is 0 Å². The second kappa shape index (κ2) is 6.96. The van der Waals surface area contributed by atoms with E-state index in [0.717, 1.165) is 5.56 Å². The van der Waals surface area contributed by atoms with Crippen molar-refractivity contribution >= 4 is 22.7 Å². The first-order valence-corrected chi connectivity index (χ1v) is 8.29. The monoisotopic (exact) mass is 349 g/mol. The number of ketones is 1. The van der Waals surface area contributed by atoms with Crippen LogP contribution in [0.5, 0.6) is 0 Å². The molecule has 1 unspecified atom stereocenters. The van der Waals surface area contributed by atoms with Crippen molar-refractivity contribution in [2.24, 2.45) is 0 Å². The number of Topliss-reactive ketones (excluding diaryl/α,β-unsaturated/α-hetero) is 1. The molecule has 0 N–H and O–H groups in total. The Kier molecular flexibility index (Phi) is 4.71. The standard InChI is InChI=1S/C21H19NO4/c1-13-8-10-15(11-9-13)19(23)14(2)22(3)20(24)17-12-16-6-4-5-7-18(16)26-21(17)25/h4-12,14H,1-3H3. The fraction of sp³-hybridized carbons (Fsp3) is 0.190. The molecule has 3 aromatic rings. The van der Waals surface area contributed by atoms with Crippen LogP contribution in [-0.2, 0) is 0 Å². The van der Waals surface area contributed by atoms with Gasteiger partial charge in [0.1, 0.15) is 11.1 Å². The highest BCUT2D eigenvalue weighted by Gasteiger charge is 2.26. The molecule has 0 saturated carbocycles. The molecule has 5 nitrogen and oxygen atoms in total. The highest BCUT2D eigenvalue weighted by molar-refractivity contribution is 6.04. The van der Waals surface area contributed by atoms with Crippen LogP contribution in [0.15, 0.2) is 63.8 Å². The summed E-state index contributed by atoms with van der Waals surface area (Å²) in [5.41, 5.74) is 1.19. The van der Waals surface area contributed by atoms with E-state index < -0.39 is 17.6 Å². The SMILES string of the molecule is Cc1ccc(C(=O)C(C)N(C)C(=O)c2cc3ccccc3oc2=O)cc1. The molecule has 26 heavy (non-hydrogen) atoms. The zero-order valence-corrected chi connectivity index (χ0v) is 14.9. The summed E-state index contributed by atoms with van der Waals surface area (Å²) in [6.07, 6.45) is 0. The Bertz CT molecular complexity index is 1030. The molecule has 2 aromatic carbocycles.